The lowest BCUT2D eigenvalue weighted by atomic mass is 9.96. The Hall–Kier alpha value is -2.21. The first-order valence-electron chi connectivity index (χ1n) is 9.81. The van der Waals surface area contributed by atoms with Gasteiger partial charge in [-0.1, -0.05) is 18.2 Å². The first-order valence-corrected chi connectivity index (χ1v) is 9.81. The smallest absolute Gasteiger partial charge is 0.417 e. The third-order valence-electron chi connectivity index (χ3n) is 5.45. The fraction of sp³-hybridized carbons (Fsp3) is 0.455. The van der Waals surface area contributed by atoms with Gasteiger partial charge in [0.25, 0.3) is 0 Å². The zero-order chi connectivity index (χ0) is 19.9. The van der Waals surface area contributed by atoms with E-state index in [-0.39, 0.29) is 17.4 Å². The number of rotatable bonds is 3. The van der Waals surface area contributed by atoms with Gasteiger partial charge >= 0.3 is 6.18 Å². The second kappa shape index (κ2) is 7.32. The molecule has 3 nitrogen and oxygen atoms in total. The molecule has 2 aliphatic rings. The molecule has 0 aliphatic carbocycles. The van der Waals surface area contributed by atoms with Crippen molar-refractivity contribution in [1.82, 2.24) is 5.32 Å². The van der Waals surface area contributed by atoms with Crippen LogP contribution in [0.3, 0.4) is 0 Å². The highest BCUT2D eigenvalue weighted by atomic mass is 19.4. The first-order chi connectivity index (χ1) is 13.3. The van der Waals surface area contributed by atoms with Crippen molar-refractivity contribution in [3.8, 4) is 16.9 Å². The topological polar surface area (TPSA) is 24.5 Å². The molecule has 150 valence electrons. The van der Waals surface area contributed by atoms with Crippen molar-refractivity contribution in [3.05, 3.63) is 47.5 Å². The maximum Gasteiger partial charge on any atom is 0.417 e. The number of alkyl halides is 3. The van der Waals surface area contributed by atoms with Gasteiger partial charge in [0.15, 0.2) is 0 Å². The number of benzene rings is 2. The summed E-state index contributed by atoms with van der Waals surface area (Å²) < 4.78 is 46.8. The molecule has 6 heteroatoms. The van der Waals surface area contributed by atoms with E-state index < -0.39 is 11.7 Å². The van der Waals surface area contributed by atoms with Crippen LogP contribution in [0.15, 0.2) is 36.4 Å². The lowest BCUT2D eigenvalue weighted by Gasteiger charge is -2.25. The van der Waals surface area contributed by atoms with Crippen molar-refractivity contribution >= 4 is 5.69 Å². The minimum absolute atomic E-state index is 0.180. The Labute approximate surface area is 163 Å². The van der Waals surface area contributed by atoms with Crippen molar-refractivity contribution in [3.63, 3.8) is 0 Å². The van der Waals surface area contributed by atoms with Gasteiger partial charge in [-0.2, -0.15) is 13.2 Å². The summed E-state index contributed by atoms with van der Waals surface area (Å²) in [5.41, 5.74) is 2.44. The number of nitrogens with zero attached hydrogens (tertiary/aromatic N) is 1. The van der Waals surface area contributed by atoms with E-state index >= 15 is 0 Å². The Bertz CT molecular complexity index is 863. The summed E-state index contributed by atoms with van der Waals surface area (Å²) in [7, 11) is 0. The zero-order valence-corrected chi connectivity index (χ0v) is 16.1. The minimum atomic E-state index is -4.44. The van der Waals surface area contributed by atoms with Gasteiger partial charge in [0.2, 0.25) is 0 Å². The third-order valence-corrected chi connectivity index (χ3v) is 5.45. The van der Waals surface area contributed by atoms with E-state index in [1.54, 1.807) is 19.9 Å². The van der Waals surface area contributed by atoms with Gasteiger partial charge in [-0.15, -0.1) is 0 Å². The summed E-state index contributed by atoms with van der Waals surface area (Å²) in [6.07, 6.45) is -2.61. The highest BCUT2D eigenvalue weighted by Crippen LogP contribution is 2.42. The van der Waals surface area contributed by atoms with Crippen LogP contribution in [-0.4, -0.2) is 31.8 Å². The quantitative estimate of drug-likeness (QED) is 0.808. The van der Waals surface area contributed by atoms with Crippen LogP contribution in [0, 0.1) is 0 Å². The Morgan fingerprint density at radius 2 is 1.93 bits per heavy atom. The van der Waals surface area contributed by atoms with Crippen LogP contribution in [0.5, 0.6) is 5.75 Å². The van der Waals surface area contributed by atoms with Crippen LogP contribution in [-0.2, 0) is 12.6 Å². The molecule has 0 spiro atoms. The summed E-state index contributed by atoms with van der Waals surface area (Å²) in [5.74, 6) is 0.242. The summed E-state index contributed by atoms with van der Waals surface area (Å²) in [6.45, 7) is 6.36. The summed E-state index contributed by atoms with van der Waals surface area (Å²) in [6, 6.07) is 10.4. The van der Waals surface area contributed by atoms with Crippen LogP contribution in [0.25, 0.3) is 11.1 Å². The number of hydrogen-bond donors (Lipinski definition) is 1. The largest absolute Gasteiger partial charge is 0.491 e. The molecule has 0 aromatic heterocycles. The van der Waals surface area contributed by atoms with E-state index in [1.165, 1.54) is 11.6 Å². The van der Waals surface area contributed by atoms with Crippen molar-refractivity contribution in [2.75, 3.05) is 24.5 Å². The monoisotopic (exact) mass is 390 g/mol. The average molecular weight is 390 g/mol. The van der Waals surface area contributed by atoms with E-state index in [0.717, 1.165) is 44.2 Å². The highest BCUT2D eigenvalue weighted by Gasteiger charge is 2.35. The highest BCUT2D eigenvalue weighted by molar-refractivity contribution is 5.75. The molecule has 2 aromatic rings. The van der Waals surface area contributed by atoms with Gasteiger partial charge in [0, 0.05) is 24.8 Å². The second-order valence-electron chi connectivity index (χ2n) is 7.81. The molecule has 1 unspecified atom stereocenters. The van der Waals surface area contributed by atoms with Crippen molar-refractivity contribution < 1.29 is 17.9 Å². The zero-order valence-electron chi connectivity index (χ0n) is 16.1. The molecule has 2 aliphatic heterocycles. The molecule has 1 atom stereocenters. The first kappa shape index (κ1) is 19.1. The summed E-state index contributed by atoms with van der Waals surface area (Å²) in [4.78, 5) is 2.35. The molecular weight excluding hydrogens is 365 g/mol. The molecule has 0 radical (unpaired) electrons. The molecule has 2 heterocycles. The molecule has 28 heavy (non-hydrogen) atoms. The molecule has 1 fully saturated rings. The Balaban J connectivity index is 1.75. The van der Waals surface area contributed by atoms with Crippen LogP contribution in [0.4, 0.5) is 18.9 Å². The van der Waals surface area contributed by atoms with E-state index in [0.29, 0.717) is 11.6 Å². The van der Waals surface area contributed by atoms with Gasteiger partial charge in [-0.25, -0.2) is 0 Å². The minimum Gasteiger partial charge on any atom is -0.491 e. The number of fused-ring (bicyclic) bond motifs is 3. The van der Waals surface area contributed by atoms with Gasteiger partial charge in [0.05, 0.1) is 11.7 Å². The Morgan fingerprint density at radius 1 is 1.11 bits per heavy atom. The maximum absolute atomic E-state index is 13.8. The fourth-order valence-electron chi connectivity index (χ4n) is 4.24. The van der Waals surface area contributed by atoms with E-state index in [1.807, 2.05) is 18.2 Å². The number of halogens is 3. The lowest BCUT2D eigenvalue weighted by molar-refractivity contribution is -0.137. The second-order valence-corrected chi connectivity index (χ2v) is 7.81. The summed E-state index contributed by atoms with van der Waals surface area (Å²) in [5, 5.41) is 3.40. The van der Waals surface area contributed by atoms with Gasteiger partial charge in [-0.05, 0) is 68.1 Å². The predicted octanol–water partition coefficient (Wildman–Crippen LogP) is 4.88. The standard InChI is InChI=1S/C22H25F3N2O/c1-14(2)28-18-5-6-19(20(13-18)22(23,24)25)15-3-4-16-11-17-7-8-26-9-10-27(17)21(16)12-15/h3-6,12-14,17,26H,7-11H2,1-2H3. The van der Waals surface area contributed by atoms with Crippen molar-refractivity contribution in [2.45, 2.75) is 45.0 Å². The van der Waals surface area contributed by atoms with Crippen molar-refractivity contribution in [1.29, 1.82) is 0 Å². The number of anilines is 1. The van der Waals surface area contributed by atoms with Gasteiger partial charge < -0.3 is 15.0 Å². The molecule has 0 amide bonds. The van der Waals surface area contributed by atoms with Crippen LogP contribution in [0.2, 0.25) is 0 Å². The average Bonchev–Trinajstić information content (AvgIpc) is 2.81. The van der Waals surface area contributed by atoms with Crippen LogP contribution in [0.1, 0.15) is 31.4 Å². The number of nitrogens with one attached hydrogen (secondary N) is 1. The van der Waals surface area contributed by atoms with Crippen molar-refractivity contribution in [2.24, 2.45) is 0 Å². The number of ether oxygens (including phenoxy) is 1. The predicted molar refractivity (Wildman–Crippen MR) is 105 cm³/mol. The lowest BCUT2D eigenvalue weighted by Crippen LogP contribution is -2.32. The third kappa shape index (κ3) is 3.70. The molecule has 1 saturated heterocycles. The molecule has 0 saturated carbocycles. The fourth-order valence-corrected chi connectivity index (χ4v) is 4.24. The van der Waals surface area contributed by atoms with Crippen LogP contribution < -0.4 is 15.0 Å². The number of hydrogen-bond acceptors (Lipinski definition) is 3. The Kier molecular flexibility index (Phi) is 5.00. The maximum atomic E-state index is 13.8. The van der Waals surface area contributed by atoms with Gasteiger partial charge in [-0.3, -0.25) is 0 Å². The molecule has 0 bridgehead atoms. The summed E-state index contributed by atoms with van der Waals surface area (Å²) >= 11 is 0. The van der Waals surface area contributed by atoms with Gasteiger partial charge in [0.1, 0.15) is 5.75 Å². The normalized spacial score (nSPS) is 19.4. The molecular formula is C22H25F3N2O. The van der Waals surface area contributed by atoms with E-state index in [9.17, 15) is 13.2 Å². The SMILES string of the molecule is CC(C)Oc1ccc(-c2ccc3c(c2)N2CCNCCC2C3)c(C(F)(F)F)c1. The molecule has 1 N–H and O–H groups in total. The van der Waals surface area contributed by atoms with E-state index in [2.05, 4.69) is 10.2 Å². The van der Waals surface area contributed by atoms with Crippen LogP contribution >= 0.6 is 0 Å². The molecule has 2 aromatic carbocycles. The van der Waals surface area contributed by atoms with E-state index in [4.69, 9.17) is 4.74 Å². The molecule has 4 rings (SSSR count). The Morgan fingerprint density at radius 3 is 2.68 bits per heavy atom.